The molecular formula is C19H19NO3. The van der Waals surface area contributed by atoms with Crippen molar-refractivity contribution in [2.24, 2.45) is 0 Å². The summed E-state index contributed by atoms with van der Waals surface area (Å²) in [4.78, 5) is 22.7. The van der Waals surface area contributed by atoms with Crippen molar-refractivity contribution in [3.05, 3.63) is 71.0 Å². The Bertz CT molecular complexity index is 763. The number of nitrogens with one attached hydrogen (secondary N) is 1. The van der Waals surface area contributed by atoms with E-state index in [1.54, 1.807) is 6.07 Å². The van der Waals surface area contributed by atoms with Gasteiger partial charge >= 0.3 is 0 Å². The van der Waals surface area contributed by atoms with Crippen LogP contribution in [0.25, 0.3) is 5.57 Å². The first-order valence-electron chi connectivity index (χ1n) is 7.27. The van der Waals surface area contributed by atoms with E-state index >= 15 is 0 Å². The molecule has 2 aromatic rings. The molecule has 23 heavy (non-hydrogen) atoms. The van der Waals surface area contributed by atoms with Gasteiger partial charge in [-0.3, -0.25) is 14.9 Å². The lowest BCUT2D eigenvalue weighted by atomic mass is 10.0. The molecule has 0 aromatic heterocycles. The van der Waals surface area contributed by atoms with Crippen LogP contribution in [0.15, 0.2) is 48.7 Å². The Morgan fingerprint density at radius 2 is 1.83 bits per heavy atom. The Morgan fingerprint density at radius 3 is 2.48 bits per heavy atom. The summed E-state index contributed by atoms with van der Waals surface area (Å²) in [7, 11) is 0. The highest BCUT2D eigenvalue weighted by Gasteiger charge is 2.13. The summed E-state index contributed by atoms with van der Waals surface area (Å²) in [5, 5.41) is 2.16. The summed E-state index contributed by atoms with van der Waals surface area (Å²) in [6.45, 7) is 5.92. The number of ether oxygens (including phenoxy) is 1. The van der Waals surface area contributed by atoms with E-state index in [4.69, 9.17) is 4.74 Å². The van der Waals surface area contributed by atoms with Crippen LogP contribution in [0, 0.1) is 20.8 Å². The summed E-state index contributed by atoms with van der Waals surface area (Å²) in [6, 6.07) is 13.2. The van der Waals surface area contributed by atoms with Gasteiger partial charge in [-0.2, -0.15) is 0 Å². The fraction of sp³-hybridized carbons (Fsp3) is 0.158. The van der Waals surface area contributed by atoms with Crippen LogP contribution in [0.5, 0.6) is 5.75 Å². The van der Waals surface area contributed by atoms with Gasteiger partial charge < -0.3 is 4.74 Å². The number of hydrogen-bond acceptors (Lipinski definition) is 3. The first-order chi connectivity index (χ1) is 11.0. The normalized spacial score (nSPS) is 11.0. The van der Waals surface area contributed by atoms with Crippen LogP contribution in [0.1, 0.15) is 22.3 Å². The predicted octanol–water partition coefficient (Wildman–Crippen LogP) is 3.30. The van der Waals surface area contributed by atoms with Gasteiger partial charge in [-0.15, -0.1) is 0 Å². The molecule has 0 saturated carbocycles. The van der Waals surface area contributed by atoms with Crippen molar-refractivity contribution >= 4 is 17.9 Å². The van der Waals surface area contributed by atoms with E-state index in [-0.39, 0.29) is 0 Å². The zero-order valence-corrected chi connectivity index (χ0v) is 13.4. The highest BCUT2D eigenvalue weighted by atomic mass is 16.5. The number of benzene rings is 2. The molecule has 0 radical (unpaired) electrons. The van der Waals surface area contributed by atoms with Gasteiger partial charge in [0.2, 0.25) is 6.41 Å². The second kappa shape index (κ2) is 7.40. The average molecular weight is 309 g/mol. The standard InChI is InChI=1S/C19H19NO3/c1-13-5-4-6-17(9-13)23-11-18(19(22)20-12-21)16-8-7-14(2)15(3)10-16/h4-12H,1-3H3,(H,20,21,22)/b18-11-. The van der Waals surface area contributed by atoms with E-state index in [0.29, 0.717) is 23.3 Å². The lowest BCUT2D eigenvalue weighted by Gasteiger charge is -2.09. The van der Waals surface area contributed by atoms with Crippen LogP contribution in [-0.2, 0) is 9.59 Å². The summed E-state index contributed by atoms with van der Waals surface area (Å²) < 4.78 is 5.60. The molecule has 2 amide bonds. The minimum absolute atomic E-state index is 0.293. The molecule has 1 N–H and O–H groups in total. The topological polar surface area (TPSA) is 55.4 Å². The third kappa shape index (κ3) is 4.30. The van der Waals surface area contributed by atoms with Crippen LogP contribution in [0.2, 0.25) is 0 Å². The monoisotopic (exact) mass is 309 g/mol. The zero-order chi connectivity index (χ0) is 16.8. The van der Waals surface area contributed by atoms with Crippen molar-refractivity contribution in [1.29, 1.82) is 0 Å². The van der Waals surface area contributed by atoms with Crippen molar-refractivity contribution in [3.63, 3.8) is 0 Å². The number of rotatable bonds is 5. The molecule has 4 nitrogen and oxygen atoms in total. The largest absolute Gasteiger partial charge is 0.464 e. The SMILES string of the molecule is Cc1cccc(O/C=C(\C(=O)NC=O)c2ccc(C)c(C)c2)c1. The van der Waals surface area contributed by atoms with Gasteiger partial charge in [-0.25, -0.2) is 0 Å². The number of aryl methyl sites for hydroxylation is 3. The maximum atomic E-state index is 12.1. The van der Waals surface area contributed by atoms with Gasteiger partial charge in [0.05, 0.1) is 5.57 Å². The zero-order valence-electron chi connectivity index (χ0n) is 13.4. The minimum atomic E-state index is -0.504. The molecule has 118 valence electrons. The van der Waals surface area contributed by atoms with Crippen molar-refractivity contribution in [1.82, 2.24) is 5.32 Å². The predicted molar refractivity (Wildman–Crippen MR) is 89.9 cm³/mol. The smallest absolute Gasteiger partial charge is 0.261 e. The molecule has 0 fully saturated rings. The van der Waals surface area contributed by atoms with Crippen LogP contribution >= 0.6 is 0 Å². The van der Waals surface area contributed by atoms with Gasteiger partial charge in [0.1, 0.15) is 12.0 Å². The lowest BCUT2D eigenvalue weighted by molar-refractivity contribution is -0.121. The van der Waals surface area contributed by atoms with E-state index in [9.17, 15) is 9.59 Å². The second-order valence-electron chi connectivity index (χ2n) is 5.36. The number of imide groups is 1. The number of carbonyl (C=O) groups is 2. The van der Waals surface area contributed by atoms with Gasteiger partial charge in [0.15, 0.2) is 0 Å². The van der Waals surface area contributed by atoms with Crippen molar-refractivity contribution < 1.29 is 14.3 Å². The van der Waals surface area contributed by atoms with E-state index in [2.05, 4.69) is 5.32 Å². The molecule has 2 aromatic carbocycles. The molecular weight excluding hydrogens is 290 g/mol. The molecule has 0 unspecified atom stereocenters. The van der Waals surface area contributed by atoms with E-state index in [0.717, 1.165) is 16.7 Å². The van der Waals surface area contributed by atoms with Gasteiger partial charge in [-0.05, 0) is 55.2 Å². The molecule has 0 heterocycles. The van der Waals surface area contributed by atoms with Gasteiger partial charge in [0.25, 0.3) is 5.91 Å². The summed E-state index contributed by atoms with van der Waals surface area (Å²) >= 11 is 0. The van der Waals surface area contributed by atoms with Crippen molar-refractivity contribution in [3.8, 4) is 5.75 Å². The molecule has 0 aliphatic rings. The molecule has 0 aliphatic heterocycles. The Hall–Kier alpha value is -2.88. The Balaban J connectivity index is 2.36. The first kappa shape index (κ1) is 16.5. The lowest BCUT2D eigenvalue weighted by Crippen LogP contribution is -2.22. The van der Waals surface area contributed by atoms with E-state index < -0.39 is 5.91 Å². The van der Waals surface area contributed by atoms with E-state index in [1.807, 2.05) is 57.2 Å². The quantitative estimate of drug-likeness (QED) is 0.524. The van der Waals surface area contributed by atoms with Crippen LogP contribution in [0.4, 0.5) is 0 Å². The van der Waals surface area contributed by atoms with Crippen LogP contribution < -0.4 is 10.1 Å². The first-order valence-corrected chi connectivity index (χ1v) is 7.27. The third-order valence-electron chi connectivity index (χ3n) is 3.55. The molecule has 0 spiro atoms. The summed E-state index contributed by atoms with van der Waals surface area (Å²) in [5.41, 5.74) is 4.23. The van der Waals surface area contributed by atoms with Gasteiger partial charge in [-0.1, -0.05) is 30.3 Å². The average Bonchev–Trinajstić information content (AvgIpc) is 2.51. The number of amides is 2. The van der Waals surface area contributed by atoms with Crippen molar-refractivity contribution in [2.75, 3.05) is 0 Å². The molecule has 0 saturated heterocycles. The van der Waals surface area contributed by atoms with Gasteiger partial charge in [0, 0.05) is 0 Å². The minimum Gasteiger partial charge on any atom is -0.464 e. The maximum absolute atomic E-state index is 12.1. The fourth-order valence-corrected chi connectivity index (χ4v) is 2.11. The highest BCUT2D eigenvalue weighted by molar-refractivity contribution is 6.21. The second-order valence-corrected chi connectivity index (χ2v) is 5.36. The molecule has 4 heteroatoms. The van der Waals surface area contributed by atoms with Crippen molar-refractivity contribution in [2.45, 2.75) is 20.8 Å². The van der Waals surface area contributed by atoms with Crippen LogP contribution in [0.3, 0.4) is 0 Å². The fourth-order valence-electron chi connectivity index (χ4n) is 2.11. The Morgan fingerprint density at radius 1 is 1.04 bits per heavy atom. The van der Waals surface area contributed by atoms with E-state index in [1.165, 1.54) is 6.26 Å². The molecule has 0 bridgehead atoms. The Labute approximate surface area is 135 Å². The number of carbonyl (C=O) groups excluding carboxylic acids is 2. The molecule has 0 aliphatic carbocycles. The summed E-state index contributed by atoms with van der Waals surface area (Å²) in [6.07, 6.45) is 1.74. The highest BCUT2D eigenvalue weighted by Crippen LogP contribution is 2.20. The number of hydrogen-bond donors (Lipinski definition) is 1. The molecule has 0 atom stereocenters. The third-order valence-corrected chi connectivity index (χ3v) is 3.55. The summed E-state index contributed by atoms with van der Waals surface area (Å²) in [5.74, 6) is 0.126. The van der Waals surface area contributed by atoms with Crippen LogP contribution in [-0.4, -0.2) is 12.3 Å². The maximum Gasteiger partial charge on any atom is 0.261 e. The Kier molecular flexibility index (Phi) is 5.31. The molecule has 2 rings (SSSR count).